The molecule has 0 aromatic carbocycles. The average Bonchev–Trinajstić information content (AvgIpc) is 2.55. The van der Waals surface area contributed by atoms with Gasteiger partial charge in [-0.1, -0.05) is 12.1 Å². The minimum absolute atomic E-state index is 0. The van der Waals surface area contributed by atoms with Gasteiger partial charge in [0, 0.05) is 38.3 Å². The number of rotatable bonds is 2. The summed E-state index contributed by atoms with van der Waals surface area (Å²) in [4.78, 5) is 14.5. The molecule has 2 heterocycles. The van der Waals surface area contributed by atoms with E-state index in [4.69, 9.17) is 0 Å². The fourth-order valence-corrected chi connectivity index (χ4v) is 1.21. The number of aliphatic imine (C=N–C) groups is 2. The van der Waals surface area contributed by atoms with E-state index in [1.807, 2.05) is 18.2 Å². The molecule has 2 rings (SSSR count). The maximum absolute atomic E-state index is 11.1. The SMILES string of the molecule is CN=C([O-])c1cccc(C([O-])=NC)n1.[Cu+2].c1ccncc1. The van der Waals surface area contributed by atoms with Gasteiger partial charge < -0.3 is 20.2 Å². The van der Waals surface area contributed by atoms with Crippen LogP contribution < -0.4 is 10.2 Å². The number of hydrogen-bond donors (Lipinski definition) is 0. The monoisotopic (exact) mass is 333 g/mol. The summed E-state index contributed by atoms with van der Waals surface area (Å²) in [5.74, 6) is -0.897. The molecule has 7 heteroatoms. The van der Waals surface area contributed by atoms with E-state index < -0.39 is 11.8 Å². The molecule has 2 aromatic heterocycles. The molecule has 0 spiro atoms. The van der Waals surface area contributed by atoms with Gasteiger partial charge in [0.15, 0.2) is 0 Å². The summed E-state index contributed by atoms with van der Waals surface area (Å²) in [6, 6.07) is 10.3. The van der Waals surface area contributed by atoms with Crippen molar-refractivity contribution in [2.45, 2.75) is 0 Å². The first-order valence-corrected chi connectivity index (χ1v) is 5.79. The molecule has 0 bridgehead atoms. The molecule has 0 unspecified atom stereocenters. The van der Waals surface area contributed by atoms with Crippen LogP contribution in [0.15, 0.2) is 58.8 Å². The molecule has 0 saturated heterocycles. The predicted molar refractivity (Wildman–Crippen MR) is 73.4 cm³/mol. The number of pyridine rings is 2. The van der Waals surface area contributed by atoms with E-state index in [1.165, 1.54) is 26.2 Å². The van der Waals surface area contributed by atoms with Gasteiger partial charge >= 0.3 is 17.1 Å². The molecule has 0 amide bonds. The summed E-state index contributed by atoms with van der Waals surface area (Å²) in [6.07, 6.45) is 3.50. The van der Waals surface area contributed by atoms with E-state index in [9.17, 15) is 10.2 Å². The van der Waals surface area contributed by atoms with Crippen molar-refractivity contribution in [2.24, 2.45) is 9.98 Å². The van der Waals surface area contributed by atoms with E-state index in [1.54, 1.807) is 18.5 Å². The van der Waals surface area contributed by atoms with Gasteiger partial charge in [-0.3, -0.25) is 4.98 Å². The standard InChI is InChI=1S/C9H11N3O2.C5H5N.Cu/c1-10-8(13)6-4-3-5-7(12-6)9(14)11-2;1-2-4-6-5-3-1;/h3-5H,1-2H3,(H,10,13)(H,11,14);1-5H;/q;;+2/p-2. The molecule has 0 N–H and O–H groups in total. The van der Waals surface area contributed by atoms with Crippen molar-refractivity contribution in [2.75, 3.05) is 14.1 Å². The summed E-state index contributed by atoms with van der Waals surface area (Å²) in [7, 11) is 2.76. The molecule has 0 saturated carbocycles. The molecule has 0 aliphatic heterocycles. The van der Waals surface area contributed by atoms with Gasteiger partial charge in [0.1, 0.15) is 0 Å². The van der Waals surface area contributed by atoms with Crippen molar-refractivity contribution in [3.63, 3.8) is 0 Å². The van der Waals surface area contributed by atoms with Gasteiger partial charge in [-0.15, -0.1) is 0 Å². The van der Waals surface area contributed by atoms with Crippen molar-refractivity contribution in [3.8, 4) is 0 Å². The second-order valence-electron chi connectivity index (χ2n) is 3.49. The molecule has 1 radical (unpaired) electrons. The Morgan fingerprint density at radius 3 is 1.62 bits per heavy atom. The summed E-state index contributed by atoms with van der Waals surface area (Å²) >= 11 is 0. The molecule has 2 aromatic rings. The van der Waals surface area contributed by atoms with Crippen molar-refractivity contribution < 1.29 is 27.3 Å². The molecule has 21 heavy (non-hydrogen) atoms. The fourth-order valence-electron chi connectivity index (χ4n) is 1.21. The molecular formula is C14H14CuN4O2. The molecule has 0 aliphatic rings. The average molecular weight is 334 g/mol. The van der Waals surface area contributed by atoms with Crippen LogP contribution in [-0.4, -0.2) is 35.9 Å². The smallest absolute Gasteiger partial charge is 0.857 e. The maximum Gasteiger partial charge on any atom is 2.00 e. The Morgan fingerprint density at radius 2 is 1.33 bits per heavy atom. The van der Waals surface area contributed by atoms with Crippen LogP contribution in [0.2, 0.25) is 0 Å². The zero-order valence-electron chi connectivity index (χ0n) is 11.5. The van der Waals surface area contributed by atoms with E-state index in [2.05, 4.69) is 20.0 Å². The van der Waals surface area contributed by atoms with Gasteiger partial charge in [-0.05, 0) is 24.3 Å². The summed E-state index contributed by atoms with van der Waals surface area (Å²) < 4.78 is 0. The first kappa shape index (κ1) is 18.8. The molecule has 6 nitrogen and oxygen atoms in total. The van der Waals surface area contributed by atoms with Gasteiger partial charge in [-0.2, -0.15) is 0 Å². The summed E-state index contributed by atoms with van der Waals surface area (Å²) in [6.45, 7) is 0. The third kappa shape index (κ3) is 6.65. The van der Waals surface area contributed by atoms with E-state index >= 15 is 0 Å². The van der Waals surface area contributed by atoms with Crippen LogP contribution in [0.4, 0.5) is 0 Å². The van der Waals surface area contributed by atoms with Crippen molar-refractivity contribution in [3.05, 3.63) is 60.2 Å². The van der Waals surface area contributed by atoms with Crippen molar-refractivity contribution in [1.29, 1.82) is 0 Å². The number of hydrogen-bond acceptors (Lipinski definition) is 6. The maximum atomic E-state index is 11.1. The number of aromatic nitrogens is 2. The normalized spacial score (nSPS) is 11.0. The fraction of sp³-hybridized carbons (Fsp3) is 0.143. The van der Waals surface area contributed by atoms with E-state index in [-0.39, 0.29) is 28.5 Å². The minimum Gasteiger partial charge on any atom is -0.857 e. The van der Waals surface area contributed by atoms with Crippen LogP contribution in [0.1, 0.15) is 11.4 Å². The molecule has 0 fully saturated rings. The second-order valence-corrected chi connectivity index (χ2v) is 3.49. The molecule has 113 valence electrons. The van der Waals surface area contributed by atoms with Crippen molar-refractivity contribution >= 4 is 11.8 Å². The Morgan fingerprint density at radius 1 is 0.857 bits per heavy atom. The van der Waals surface area contributed by atoms with Crippen LogP contribution in [0.3, 0.4) is 0 Å². The molecular weight excluding hydrogens is 320 g/mol. The Bertz CT molecular complexity index is 529. The first-order chi connectivity index (χ1) is 9.69. The Kier molecular flexibility index (Phi) is 9.41. The molecule has 0 aliphatic carbocycles. The quantitative estimate of drug-likeness (QED) is 0.425. The Hall–Kier alpha value is -2.24. The zero-order valence-corrected chi connectivity index (χ0v) is 12.5. The van der Waals surface area contributed by atoms with E-state index in [0.29, 0.717) is 0 Å². The van der Waals surface area contributed by atoms with E-state index in [0.717, 1.165) is 0 Å². The van der Waals surface area contributed by atoms with Crippen LogP contribution in [-0.2, 0) is 17.1 Å². The Labute approximate surface area is 133 Å². The van der Waals surface area contributed by atoms with Crippen LogP contribution in [0.5, 0.6) is 0 Å². The number of nitrogens with zero attached hydrogens (tertiary/aromatic N) is 4. The zero-order chi connectivity index (χ0) is 14.8. The van der Waals surface area contributed by atoms with Gasteiger partial charge in [0.25, 0.3) is 0 Å². The largest absolute Gasteiger partial charge is 2.00 e. The van der Waals surface area contributed by atoms with Gasteiger partial charge in [0.05, 0.1) is 11.4 Å². The second kappa shape index (κ2) is 10.5. The van der Waals surface area contributed by atoms with Crippen molar-refractivity contribution in [1.82, 2.24) is 9.97 Å². The van der Waals surface area contributed by atoms with Gasteiger partial charge in [-0.25, -0.2) is 4.98 Å². The predicted octanol–water partition coefficient (Wildman–Crippen LogP) is -0.366. The topological polar surface area (TPSA) is 96.6 Å². The minimum atomic E-state index is -0.448. The third-order valence-electron chi connectivity index (χ3n) is 2.16. The van der Waals surface area contributed by atoms with Crippen LogP contribution in [0, 0.1) is 0 Å². The molecule has 0 atom stereocenters. The summed E-state index contributed by atoms with van der Waals surface area (Å²) in [5, 5.41) is 22.2. The third-order valence-corrected chi connectivity index (χ3v) is 2.16. The first-order valence-electron chi connectivity index (χ1n) is 5.79. The van der Waals surface area contributed by atoms with Gasteiger partial charge in [0.2, 0.25) is 0 Å². The Balaban J connectivity index is 0.000000480. The summed E-state index contributed by atoms with van der Waals surface area (Å²) in [5.41, 5.74) is 0.309. The van der Waals surface area contributed by atoms with Crippen LogP contribution >= 0.6 is 0 Å². The van der Waals surface area contributed by atoms with Crippen LogP contribution in [0.25, 0.3) is 0 Å².